The lowest BCUT2D eigenvalue weighted by Gasteiger charge is -2.19. The summed E-state index contributed by atoms with van der Waals surface area (Å²) in [6.45, 7) is 2.26. The Balaban J connectivity index is 1.35. The van der Waals surface area contributed by atoms with Gasteiger partial charge in [0.25, 0.3) is 15.9 Å². The number of sulfonamides is 1. The highest BCUT2D eigenvalue weighted by Gasteiger charge is 2.31. The zero-order valence-electron chi connectivity index (χ0n) is 16.0. The van der Waals surface area contributed by atoms with Crippen molar-refractivity contribution in [2.75, 3.05) is 18.5 Å². The summed E-state index contributed by atoms with van der Waals surface area (Å²) < 4.78 is 47.8. The Hall–Kier alpha value is -3.05. The third-order valence-corrected chi connectivity index (χ3v) is 5.80. The van der Waals surface area contributed by atoms with Gasteiger partial charge in [0.1, 0.15) is 13.2 Å². The summed E-state index contributed by atoms with van der Waals surface area (Å²) in [5, 5.41) is 2.24. The van der Waals surface area contributed by atoms with E-state index in [0.29, 0.717) is 30.4 Å². The maximum Gasteiger partial charge on any atom is 0.375 e. The van der Waals surface area contributed by atoms with E-state index in [1.165, 1.54) is 19.1 Å². The van der Waals surface area contributed by atoms with E-state index in [1.807, 2.05) is 0 Å². The van der Waals surface area contributed by atoms with Crippen LogP contribution in [0.2, 0.25) is 0 Å². The normalized spacial score (nSPS) is 16.6. The van der Waals surface area contributed by atoms with Crippen LogP contribution in [-0.2, 0) is 19.6 Å². The Morgan fingerprint density at radius 3 is 2.57 bits per heavy atom. The van der Waals surface area contributed by atoms with Crippen LogP contribution in [-0.4, -0.2) is 45.7 Å². The van der Waals surface area contributed by atoms with Crippen molar-refractivity contribution in [1.29, 1.82) is 0 Å². The van der Waals surface area contributed by atoms with Crippen LogP contribution < -0.4 is 19.5 Å². The molecule has 1 atom stereocenters. The number of ether oxygens (including phenoxy) is 3. The number of carbonyl (C=O) groups is 2. The fourth-order valence-corrected chi connectivity index (χ4v) is 3.93. The molecule has 160 valence electrons. The third kappa shape index (κ3) is 4.57. The van der Waals surface area contributed by atoms with Crippen molar-refractivity contribution in [3.63, 3.8) is 0 Å². The molecule has 1 amide bonds. The van der Waals surface area contributed by atoms with Crippen molar-refractivity contribution >= 4 is 27.6 Å². The van der Waals surface area contributed by atoms with E-state index >= 15 is 0 Å². The summed E-state index contributed by atoms with van der Waals surface area (Å²) in [6, 6.07) is 7.17. The highest BCUT2D eigenvalue weighted by atomic mass is 32.2. The molecule has 2 N–H and O–H groups in total. The fourth-order valence-electron chi connectivity index (χ4n) is 2.69. The molecule has 2 heterocycles. The van der Waals surface area contributed by atoms with E-state index in [-0.39, 0.29) is 16.9 Å². The van der Waals surface area contributed by atoms with Crippen LogP contribution in [0.4, 0.5) is 5.69 Å². The van der Waals surface area contributed by atoms with Crippen LogP contribution in [0.25, 0.3) is 0 Å². The summed E-state index contributed by atoms with van der Waals surface area (Å²) in [4.78, 5) is 24.6. The van der Waals surface area contributed by atoms with Crippen molar-refractivity contribution in [1.82, 2.24) is 4.72 Å². The summed E-state index contributed by atoms with van der Waals surface area (Å²) in [5.41, 5.74) is 0.449. The van der Waals surface area contributed by atoms with Crippen LogP contribution in [0.5, 0.6) is 11.5 Å². The highest BCUT2D eigenvalue weighted by Crippen LogP contribution is 2.32. The summed E-state index contributed by atoms with van der Waals surface area (Å²) in [7, 11) is -3.83. The molecular weight excluding hydrogens is 416 g/mol. The number of fused-ring (bicyclic) bond motifs is 1. The van der Waals surface area contributed by atoms with Crippen molar-refractivity contribution in [3.05, 3.63) is 36.1 Å². The zero-order valence-corrected chi connectivity index (χ0v) is 16.9. The van der Waals surface area contributed by atoms with Crippen molar-refractivity contribution in [2.45, 2.75) is 37.0 Å². The average Bonchev–Trinajstić information content (AvgIpc) is 3.36. The maximum atomic E-state index is 12.3. The fraction of sp³-hybridized carbons (Fsp3) is 0.368. The van der Waals surface area contributed by atoms with Gasteiger partial charge >= 0.3 is 5.97 Å². The van der Waals surface area contributed by atoms with E-state index in [1.54, 1.807) is 18.2 Å². The first kappa shape index (κ1) is 20.2. The minimum atomic E-state index is -3.83. The standard InChI is InChI=1S/C19H20N2O8S/c1-11(18(22)20-13-4-5-14-16(10-13)27-9-8-26-14)28-19(23)15-6-7-17(29-15)30(24,25)21-12-2-3-12/h4-7,10-12,21H,2-3,8-9H2,1H3,(H,20,22). The molecule has 4 rings (SSSR count). The number of amides is 1. The predicted octanol–water partition coefficient (Wildman–Crippen LogP) is 1.68. The summed E-state index contributed by atoms with van der Waals surface area (Å²) in [5.74, 6) is -0.751. The molecule has 0 saturated heterocycles. The van der Waals surface area contributed by atoms with Crippen LogP contribution in [0, 0.1) is 0 Å². The van der Waals surface area contributed by atoms with Crippen LogP contribution in [0.1, 0.15) is 30.3 Å². The van der Waals surface area contributed by atoms with Crippen LogP contribution in [0.3, 0.4) is 0 Å². The summed E-state index contributed by atoms with van der Waals surface area (Å²) in [6.07, 6.45) is 0.385. The Kier molecular flexibility index (Phi) is 5.39. The molecular formula is C19H20N2O8S. The smallest absolute Gasteiger partial charge is 0.375 e. The molecule has 2 aromatic rings. The quantitative estimate of drug-likeness (QED) is 0.626. The van der Waals surface area contributed by atoms with Gasteiger partial charge in [-0.25, -0.2) is 17.9 Å². The zero-order chi connectivity index (χ0) is 21.3. The lowest BCUT2D eigenvalue weighted by atomic mass is 10.2. The van der Waals surface area contributed by atoms with Crippen molar-refractivity contribution < 1.29 is 36.6 Å². The van der Waals surface area contributed by atoms with Crippen LogP contribution in [0.15, 0.2) is 39.8 Å². The van der Waals surface area contributed by atoms with Crippen molar-refractivity contribution in [3.8, 4) is 11.5 Å². The molecule has 30 heavy (non-hydrogen) atoms. The van der Waals surface area contributed by atoms with Gasteiger partial charge in [0, 0.05) is 17.8 Å². The number of carbonyl (C=O) groups excluding carboxylic acids is 2. The molecule has 1 aliphatic heterocycles. The lowest BCUT2D eigenvalue weighted by molar-refractivity contribution is -0.123. The number of hydrogen-bond acceptors (Lipinski definition) is 8. The number of hydrogen-bond donors (Lipinski definition) is 2. The van der Waals surface area contributed by atoms with Gasteiger partial charge in [0.05, 0.1) is 0 Å². The van der Waals surface area contributed by atoms with Gasteiger partial charge in [-0.2, -0.15) is 0 Å². The molecule has 0 spiro atoms. The minimum absolute atomic E-state index is 0.0974. The number of nitrogens with one attached hydrogen (secondary N) is 2. The topological polar surface area (TPSA) is 133 Å². The molecule has 1 aromatic carbocycles. The molecule has 1 aliphatic carbocycles. The molecule has 1 unspecified atom stereocenters. The Labute approximate surface area is 172 Å². The molecule has 1 saturated carbocycles. The second kappa shape index (κ2) is 8.00. The summed E-state index contributed by atoms with van der Waals surface area (Å²) >= 11 is 0. The van der Waals surface area contributed by atoms with E-state index < -0.39 is 28.0 Å². The number of esters is 1. The SMILES string of the molecule is CC(OC(=O)c1ccc(S(=O)(=O)NC2CC2)o1)C(=O)Nc1ccc2c(c1)OCCO2. The van der Waals surface area contributed by atoms with E-state index in [4.69, 9.17) is 18.6 Å². The maximum absolute atomic E-state index is 12.3. The molecule has 0 bridgehead atoms. The van der Waals surface area contributed by atoms with Gasteiger partial charge in [-0.3, -0.25) is 4.79 Å². The molecule has 1 fully saturated rings. The molecule has 10 nitrogen and oxygen atoms in total. The third-order valence-electron chi connectivity index (χ3n) is 4.41. The molecule has 11 heteroatoms. The van der Waals surface area contributed by atoms with Gasteiger partial charge < -0.3 is 23.9 Å². The lowest BCUT2D eigenvalue weighted by Crippen LogP contribution is -2.30. The van der Waals surface area contributed by atoms with Crippen molar-refractivity contribution in [2.24, 2.45) is 0 Å². The molecule has 0 radical (unpaired) electrons. The van der Waals surface area contributed by atoms with E-state index in [2.05, 4.69) is 10.0 Å². The number of rotatable bonds is 7. The monoisotopic (exact) mass is 436 g/mol. The Morgan fingerprint density at radius 1 is 1.10 bits per heavy atom. The molecule has 1 aromatic heterocycles. The van der Waals surface area contributed by atoms with Gasteiger partial charge in [-0.15, -0.1) is 0 Å². The second-order valence-electron chi connectivity index (χ2n) is 6.91. The Bertz CT molecular complexity index is 1070. The predicted molar refractivity (Wildman–Crippen MR) is 103 cm³/mol. The highest BCUT2D eigenvalue weighted by molar-refractivity contribution is 7.89. The number of furan rings is 1. The van der Waals surface area contributed by atoms with Gasteiger partial charge in [-0.1, -0.05) is 0 Å². The van der Waals surface area contributed by atoms with Crippen LogP contribution >= 0.6 is 0 Å². The molecule has 2 aliphatic rings. The second-order valence-corrected chi connectivity index (χ2v) is 8.55. The first-order chi connectivity index (χ1) is 14.3. The van der Waals surface area contributed by atoms with Gasteiger partial charge in [0.15, 0.2) is 17.6 Å². The average molecular weight is 436 g/mol. The minimum Gasteiger partial charge on any atom is -0.486 e. The van der Waals surface area contributed by atoms with E-state index in [9.17, 15) is 18.0 Å². The van der Waals surface area contributed by atoms with Gasteiger partial charge in [0.2, 0.25) is 10.9 Å². The largest absolute Gasteiger partial charge is 0.486 e. The number of anilines is 1. The van der Waals surface area contributed by atoms with Gasteiger partial charge in [-0.05, 0) is 44.0 Å². The first-order valence-corrected chi connectivity index (χ1v) is 10.8. The van der Waals surface area contributed by atoms with E-state index in [0.717, 1.165) is 12.8 Å². The number of benzene rings is 1. The Morgan fingerprint density at radius 2 is 1.83 bits per heavy atom. The first-order valence-electron chi connectivity index (χ1n) is 9.35.